The van der Waals surface area contributed by atoms with E-state index in [1.165, 1.54) is 18.6 Å². The van der Waals surface area contributed by atoms with E-state index in [0.29, 0.717) is 18.2 Å². The molecule has 20 heavy (non-hydrogen) atoms. The summed E-state index contributed by atoms with van der Waals surface area (Å²) in [6.07, 6.45) is 4.16. The van der Waals surface area contributed by atoms with Gasteiger partial charge in [0.1, 0.15) is 11.7 Å². The first-order valence-electron chi connectivity index (χ1n) is 7.09. The fourth-order valence-electron chi connectivity index (χ4n) is 2.88. The lowest BCUT2D eigenvalue weighted by atomic mass is 9.98. The molecule has 4 N–H and O–H groups in total. The smallest absolute Gasteiger partial charge is 0.124 e. The molecule has 1 heterocycles. The van der Waals surface area contributed by atoms with Gasteiger partial charge in [-0.15, -0.1) is 0 Å². The van der Waals surface area contributed by atoms with Crippen molar-refractivity contribution in [3.63, 3.8) is 0 Å². The van der Waals surface area contributed by atoms with E-state index in [2.05, 4.69) is 4.90 Å². The van der Waals surface area contributed by atoms with Crippen molar-refractivity contribution < 1.29 is 9.50 Å². The fraction of sp³-hybridized carbons (Fsp3) is 0.533. The first-order chi connectivity index (χ1) is 9.60. The van der Waals surface area contributed by atoms with Gasteiger partial charge in [0.25, 0.3) is 0 Å². The maximum absolute atomic E-state index is 13.6. The number of rotatable bonds is 5. The summed E-state index contributed by atoms with van der Waals surface area (Å²) < 4.78 is 13.6. The van der Waals surface area contributed by atoms with Crippen molar-refractivity contribution >= 4 is 5.84 Å². The van der Waals surface area contributed by atoms with Gasteiger partial charge in [-0.3, -0.25) is 10.3 Å². The van der Waals surface area contributed by atoms with E-state index in [1.807, 2.05) is 0 Å². The van der Waals surface area contributed by atoms with E-state index >= 15 is 0 Å². The van der Waals surface area contributed by atoms with Crippen LogP contribution in [0.15, 0.2) is 18.2 Å². The molecular formula is C15H22FN3O. The van der Waals surface area contributed by atoms with Gasteiger partial charge in [-0.1, -0.05) is 6.42 Å². The molecule has 1 fully saturated rings. The monoisotopic (exact) mass is 279 g/mol. The summed E-state index contributed by atoms with van der Waals surface area (Å²) in [5.41, 5.74) is 6.69. The molecule has 1 atom stereocenters. The lowest BCUT2D eigenvalue weighted by molar-refractivity contribution is 0.112. The van der Waals surface area contributed by atoms with Gasteiger partial charge in [0.05, 0.1) is 0 Å². The minimum Gasteiger partial charge on any atom is -0.396 e. The van der Waals surface area contributed by atoms with Crippen molar-refractivity contribution in [3.05, 3.63) is 35.1 Å². The number of benzene rings is 1. The minimum absolute atomic E-state index is 0.115. The molecule has 0 aliphatic carbocycles. The summed E-state index contributed by atoms with van der Waals surface area (Å²) in [6.45, 7) is 1.79. The summed E-state index contributed by atoms with van der Waals surface area (Å²) in [6, 6.07) is 4.91. The van der Waals surface area contributed by atoms with Crippen LogP contribution in [0.2, 0.25) is 0 Å². The summed E-state index contributed by atoms with van der Waals surface area (Å²) in [5.74, 6) is -0.472. The minimum atomic E-state index is -0.358. The number of piperidine rings is 1. The van der Waals surface area contributed by atoms with Crippen LogP contribution in [0.4, 0.5) is 4.39 Å². The highest BCUT2D eigenvalue weighted by atomic mass is 19.1. The third-order valence-electron chi connectivity index (χ3n) is 3.87. The molecule has 5 heteroatoms. The molecule has 2 rings (SSSR count). The Labute approximate surface area is 118 Å². The van der Waals surface area contributed by atoms with Crippen LogP contribution in [0.3, 0.4) is 0 Å². The van der Waals surface area contributed by atoms with Crippen molar-refractivity contribution in [2.45, 2.75) is 38.3 Å². The predicted octanol–water partition coefficient (Wildman–Crippen LogP) is 1.85. The number of nitrogen functional groups attached to an aromatic ring is 1. The van der Waals surface area contributed by atoms with E-state index < -0.39 is 0 Å². The zero-order valence-electron chi connectivity index (χ0n) is 11.6. The van der Waals surface area contributed by atoms with Crippen LogP contribution in [-0.4, -0.2) is 35.0 Å². The van der Waals surface area contributed by atoms with Gasteiger partial charge in [0.15, 0.2) is 0 Å². The van der Waals surface area contributed by atoms with Crippen molar-refractivity contribution in [2.24, 2.45) is 5.73 Å². The molecule has 110 valence electrons. The van der Waals surface area contributed by atoms with Gasteiger partial charge >= 0.3 is 0 Å². The molecule has 0 amide bonds. The number of nitrogens with two attached hydrogens (primary N) is 1. The van der Waals surface area contributed by atoms with Crippen LogP contribution >= 0.6 is 0 Å². The topological polar surface area (TPSA) is 73.3 Å². The van der Waals surface area contributed by atoms with Crippen LogP contribution in [0.25, 0.3) is 0 Å². The van der Waals surface area contributed by atoms with E-state index in [0.717, 1.165) is 31.4 Å². The van der Waals surface area contributed by atoms with Crippen LogP contribution in [0, 0.1) is 11.2 Å². The molecule has 1 aromatic rings. The average molecular weight is 279 g/mol. The molecule has 1 unspecified atom stereocenters. The molecule has 1 aromatic carbocycles. The Balaban J connectivity index is 2.13. The quantitative estimate of drug-likeness (QED) is 0.569. The second kappa shape index (κ2) is 6.81. The zero-order valence-corrected chi connectivity index (χ0v) is 11.6. The first-order valence-corrected chi connectivity index (χ1v) is 7.09. The number of hydrogen-bond acceptors (Lipinski definition) is 3. The van der Waals surface area contributed by atoms with E-state index in [-0.39, 0.29) is 18.3 Å². The zero-order chi connectivity index (χ0) is 14.5. The second-order valence-corrected chi connectivity index (χ2v) is 5.39. The van der Waals surface area contributed by atoms with E-state index in [9.17, 15) is 4.39 Å². The van der Waals surface area contributed by atoms with Crippen molar-refractivity contribution in [3.8, 4) is 0 Å². The van der Waals surface area contributed by atoms with Gasteiger partial charge in [-0.2, -0.15) is 0 Å². The number of halogens is 1. The third kappa shape index (κ3) is 3.77. The van der Waals surface area contributed by atoms with Crippen molar-refractivity contribution in [1.82, 2.24) is 4.90 Å². The fourth-order valence-corrected chi connectivity index (χ4v) is 2.88. The molecule has 1 saturated heterocycles. The molecule has 4 nitrogen and oxygen atoms in total. The summed E-state index contributed by atoms with van der Waals surface area (Å²) in [5, 5.41) is 16.6. The van der Waals surface area contributed by atoms with Gasteiger partial charge in [-0.05, 0) is 49.6 Å². The van der Waals surface area contributed by atoms with Gasteiger partial charge < -0.3 is 10.8 Å². The molecular weight excluding hydrogens is 257 g/mol. The van der Waals surface area contributed by atoms with Crippen LogP contribution in [-0.2, 0) is 6.54 Å². The predicted molar refractivity (Wildman–Crippen MR) is 77.2 cm³/mol. The number of nitrogens with one attached hydrogen (secondary N) is 1. The second-order valence-electron chi connectivity index (χ2n) is 5.39. The molecule has 0 aromatic heterocycles. The lowest BCUT2D eigenvalue weighted by Gasteiger charge is -2.35. The first kappa shape index (κ1) is 14.9. The summed E-state index contributed by atoms with van der Waals surface area (Å²) >= 11 is 0. The highest BCUT2D eigenvalue weighted by Crippen LogP contribution is 2.22. The molecule has 0 saturated carbocycles. The lowest BCUT2D eigenvalue weighted by Crippen LogP contribution is -2.39. The maximum atomic E-state index is 13.6. The summed E-state index contributed by atoms with van der Waals surface area (Å²) in [4.78, 5) is 2.29. The largest absolute Gasteiger partial charge is 0.396 e. The number of nitrogens with zero attached hydrogens (tertiary/aromatic N) is 1. The standard InChI is InChI=1S/C15H22FN3O/c16-13-8-11(7-12(9-13)15(17)18)10-19-5-2-1-3-14(19)4-6-20/h7-9,14,20H,1-6,10H2,(H3,17,18). The average Bonchev–Trinajstić information content (AvgIpc) is 2.40. The molecule has 1 aliphatic rings. The Morgan fingerprint density at radius 1 is 1.40 bits per heavy atom. The van der Waals surface area contributed by atoms with E-state index in [4.69, 9.17) is 16.2 Å². The van der Waals surface area contributed by atoms with Gasteiger partial charge in [0.2, 0.25) is 0 Å². The number of aliphatic hydroxyl groups excluding tert-OH is 1. The molecule has 0 bridgehead atoms. The number of likely N-dealkylation sites (tertiary alicyclic amines) is 1. The van der Waals surface area contributed by atoms with Crippen molar-refractivity contribution in [2.75, 3.05) is 13.2 Å². The highest BCUT2D eigenvalue weighted by Gasteiger charge is 2.22. The normalized spacial score (nSPS) is 20.0. The van der Waals surface area contributed by atoms with Gasteiger partial charge in [-0.25, -0.2) is 4.39 Å². The molecule has 1 aliphatic heterocycles. The van der Waals surface area contributed by atoms with Crippen molar-refractivity contribution in [1.29, 1.82) is 5.41 Å². The van der Waals surface area contributed by atoms with Crippen LogP contribution < -0.4 is 5.73 Å². The Kier molecular flexibility index (Phi) is 5.09. The maximum Gasteiger partial charge on any atom is 0.124 e. The third-order valence-corrected chi connectivity index (χ3v) is 3.87. The Morgan fingerprint density at radius 2 is 2.20 bits per heavy atom. The molecule has 0 radical (unpaired) electrons. The van der Waals surface area contributed by atoms with Crippen LogP contribution in [0.1, 0.15) is 36.8 Å². The Hall–Kier alpha value is -1.46. The van der Waals surface area contributed by atoms with E-state index in [1.54, 1.807) is 6.07 Å². The Morgan fingerprint density at radius 3 is 2.90 bits per heavy atom. The SMILES string of the molecule is N=C(N)c1cc(F)cc(CN2CCCCC2CCO)c1. The Bertz CT molecular complexity index is 476. The highest BCUT2D eigenvalue weighted by molar-refractivity contribution is 5.95. The molecule has 0 spiro atoms. The number of hydrogen-bond donors (Lipinski definition) is 3. The van der Waals surface area contributed by atoms with Crippen LogP contribution in [0.5, 0.6) is 0 Å². The summed E-state index contributed by atoms with van der Waals surface area (Å²) in [7, 11) is 0. The number of amidine groups is 1. The number of aliphatic hydroxyl groups is 1. The van der Waals surface area contributed by atoms with Gasteiger partial charge in [0, 0.05) is 24.8 Å².